The molecule has 2 aliphatic rings. The molecule has 2 atom stereocenters. The molecule has 0 radical (unpaired) electrons. The lowest BCUT2D eigenvalue weighted by Crippen LogP contribution is -2.52. The number of ketones is 1. The van der Waals surface area contributed by atoms with Crippen LogP contribution in [0.15, 0.2) is 95.2 Å². The van der Waals surface area contributed by atoms with E-state index in [4.69, 9.17) is 9.73 Å². The third kappa shape index (κ3) is 10.2. The van der Waals surface area contributed by atoms with Crippen molar-refractivity contribution in [2.75, 3.05) is 13.2 Å². The number of alkyl carbamates (subject to hydrolysis) is 1. The maximum absolute atomic E-state index is 13.6. The normalized spacial score (nSPS) is 16.5. The van der Waals surface area contributed by atoms with Crippen LogP contribution in [-0.2, 0) is 25.5 Å². The largest absolute Gasteiger partial charge is 0.511 e. The highest BCUT2D eigenvalue weighted by molar-refractivity contribution is 6.23. The Kier molecular flexibility index (Phi) is 12.9. The number of allylic oxidation sites excluding steroid dienone is 2. The molecule has 3 aromatic carbocycles. The van der Waals surface area contributed by atoms with E-state index in [1.165, 1.54) is 0 Å². The second kappa shape index (κ2) is 17.5. The maximum Gasteiger partial charge on any atom is 0.407 e. The first-order valence-corrected chi connectivity index (χ1v) is 18.5. The smallest absolute Gasteiger partial charge is 0.407 e. The SMILES string of the molecule is CC(C)CC(=NCCCC[C@H](NC(=O)[C@H](Cc1ccccc1)NC(=O)OCC1c2ccccc2-c2ccccc21)C(=O)O)C1=C(O)CC(C)(C)CC1=O. The number of aliphatic carboxylic acids is 1. The lowest BCUT2D eigenvalue weighted by molar-refractivity contribution is -0.142. The highest BCUT2D eigenvalue weighted by Crippen LogP contribution is 2.44. The van der Waals surface area contributed by atoms with Gasteiger partial charge in [0.15, 0.2) is 5.78 Å². The van der Waals surface area contributed by atoms with Crippen molar-refractivity contribution in [3.05, 3.63) is 107 Å². The minimum absolute atomic E-state index is 0.0711. The van der Waals surface area contributed by atoms with E-state index in [1.54, 1.807) is 0 Å². The molecule has 0 saturated carbocycles. The molecular formula is C43H51N3O7. The monoisotopic (exact) mass is 721 g/mol. The summed E-state index contributed by atoms with van der Waals surface area (Å²) in [5.74, 6) is -1.79. The van der Waals surface area contributed by atoms with Crippen molar-refractivity contribution >= 4 is 29.5 Å². The van der Waals surface area contributed by atoms with E-state index < -0.39 is 30.1 Å². The van der Waals surface area contributed by atoms with Crippen molar-refractivity contribution in [3.8, 4) is 11.1 Å². The Balaban J connectivity index is 1.20. The molecule has 53 heavy (non-hydrogen) atoms. The number of amides is 2. The number of nitrogens with one attached hydrogen (secondary N) is 2. The highest BCUT2D eigenvalue weighted by Gasteiger charge is 2.35. The molecular weight excluding hydrogens is 670 g/mol. The van der Waals surface area contributed by atoms with Crippen LogP contribution in [0.5, 0.6) is 0 Å². The van der Waals surface area contributed by atoms with E-state index in [0.717, 1.165) is 27.8 Å². The fourth-order valence-corrected chi connectivity index (χ4v) is 7.29. The molecule has 10 nitrogen and oxygen atoms in total. The van der Waals surface area contributed by atoms with Crippen LogP contribution in [-0.4, -0.2) is 64.9 Å². The minimum Gasteiger partial charge on any atom is -0.511 e. The summed E-state index contributed by atoms with van der Waals surface area (Å²) < 4.78 is 5.71. The van der Waals surface area contributed by atoms with E-state index in [1.807, 2.05) is 107 Å². The summed E-state index contributed by atoms with van der Waals surface area (Å²) in [7, 11) is 0. The number of aliphatic imine (C=N–C) groups is 1. The summed E-state index contributed by atoms with van der Waals surface area (Å²) in [6.45, 7) is 8.37. The van der Waals surface area contributed by atoms with E-state index in [2.05, 4.69) is 10.6 Å². The van der Waals surface area contributed by atoms with Gasteiger partial charge in [0, 0.05) is 37.4 Å². The van der Waals surface area contributed by atoms with E-state index in [-0.39, 0.29) is 48.2 Å². The molecule has 0 spiro atoms. The number of hydrogen-bond acceptors (Lipinski definition) is 7. The number of hydrogen-bond donors (Lipinski definition) is 4. The lowest BCUT2D eigenvalue weighted by atomic mass is 9.75. The zero-order chi connectivity index (χ0) is 38.1. The Morgan fingerprint density at radius 3 is 2.09 bits per heavy atom. The second-order valence-electron chi connectivity index (χ2n) is 15.3. The van der Waals surface area contributed by atoms with Crippen molar-refractivity contribution in [1.82, 2.24) is 10.6 Å². The number of aliphatic hydroxyl groups is 1. The van der Waals surface area contributed by atoms with Crippen molar-refractivity contribution in [1.29, 1.82) is 0 Å². The molecule has 0 aliphatic heterocycles. The predicted octanol–water partition coefficient (Wildman–Crippen LogP) is 7.56. The molecule has 10 heteroatoms. The number of aliphatic hydroxyl groups excluding tert-OH is 1. The summed E-state index contributed by atoms with van der Waals surface area (Å²) in [6, 6.07) is 22.9. The van der Waals surface area contributed by atoms with Gasteiger partial charge < -0.3 is 25.6 Å². The summed E-state index contributed by atoms with van der Waals surface area (Å²) in [6.07, 6.45) is 1.74. The van der Waals surface area contributed by atoms with Gasteiger partial charge in [-0.1, -0.05) is 107 Å². The number of carboxylic acid groups (broad SMARTS) is 1. The first kappa shape index (κ1) is 39.0. The number of ether oxygens (including phenoxy) is 1. The first-order valence-electron chi connectivity index (χ1n) is 18.5. The molecule has 0 unspecified atom stereocenters. The molecule has 280 valence electrons. The standard InChI is InChI=1S/C43H51N3O7/c1-27(2)22-35(39-37(47)24-43(3,4)25-38(39)48)44-21-13-12-20-34(41(50)51)45-40(49)36(23-28-14-6-5-7-15-28)46-42(52)53-26-33-31-18-10-8-16-29(31)30-17-9-11-19-32(30)33/h5-11,14-19,27,33-34,36,47H,12-13,20-26H2,1-4H3,(H,45,49)(H,46,52)(H,50,51)/t34-,36-/m0/s1. The van der Waals surface area contributed by atoms with Gasteiger partial charge in [-0.2, -0.15) is 0 Å². The molecule has 0 aromatic heterocycles. The Labute approximate surface area is 311 Å². The van der Waals surface area contributed by atoms with Crippen molar-refractivity contribution in [2.24, 2.45) is 16.3 Å². The third-order valence-corrected chi connectivity index (χ3v) is 9.80. The van der Waals surface area contributed by atoms with Gasteiger partial charge in [-0.15, -0.1) is 0 Å². The van der Waals surface area contributed by atoms with Gasteiger partial charge in [-0.25, -0.2) is 9.59 Å². The summed E-state index contributed by atoms with van der Waals surface area (Å²) >= 11 is 0. The number of rotatable bonds is 16. The summed E-state index contributed by atoms with van der Waals surface area (Å²) in [5, 5.41) is 26.1. The molecule has 4 N–H and O–H groups in total. The van der Waals surface area contributed by atoms with E-state index >= 15 is 0 Å². The summed E-state index contributed by atoms with van der Waals surface area (Å²) in [5.41, 5.74) is 5.71. The zero-order valence-corrected chi connectivity index (χ0v) is 31.1. The minimum atomic E-state index is -1.20. The van der Waals surface area contributed by atoms with Crippen molar-refractivity contribution in [3.63, 3.8) is 0 Å². The molecule has 0 saturated heterocycles. The molecule has 0 bridgehead atoms. The van der Waals surface area contributed by atoms with Crippen LogP contribution in [0.2, 0.25) is 0 Å². The Bertz CT molecular complexity index is 1820. The maximum atomic E-state index is 13.6. The number of carbonyl (C=O) groups excluding carboxylic acids is 3. The van der Waals surface area contributed by atoms with Gasteiger partial charge >= 0.3 is 12.1 Å². The zero-order valence-electron chi connectivity index (χ0n) is 31.1. The van der Waals surface area contributed by atoms with Gasteiger partial charge in [-0.05, 0) is 64.8 Å². The van der Waals surface area contributed by atoms with Crippen LogP contribution in [0.1, 0.15) is 88.8 Å². The Morgan fingerprint density at radius 2 is 1.49 bits per heavy atom. The van der Waals surface area contributed by atoms with Crippen LogP contribution in [0.4, 0.5) is 4.79 Å². The lowest BCUT2D eigenvalue weighted by Gasteiger charge is -2.30. The second-order valence-corrected chi connectivity index (χ2v) is 15.3. The number of unbranched alkanes of at least 4 members (excludes halogenated alkanes) is 1. The third-order valence-electron chi connectivity index (χ3n) is 9.80. The Morgan fingerprint density at radius 1 is 0.868 bits per heavy atom. The Hall–Kier alpha value is -5.25. The van der Waals surface area contributed by atoms with Gasteiger partial charge in [0.05, 0.1) is 5.57 Å². The first-order chi connectivity index (χ1) is 25.3. The molecule has 3 aromatic rings. The van der Waals surface area contributed by atoms with Crippen LogP contribution in [0.3, 0.4) is 0 Å². The molecule has 2 amide bonds. The van der Waals surface area contributed by atoms with Crippen LogP contribution in [0, 0.1) is 11.3 Å². The van der Waals surface area contributed by atoms with Gasteiger partial charge in [0.25, 0.3) is 0 Å². The fraction of sp³-hybridized carbons (Fsp3) is 0.419. The quantitative estimate of drug-likeness (QED) is 0.0879. The van der Waals surface area contributed by atoms with Gasteiger partial charge in [0.1, 0.15) is 24.4 Å². The number of carbonyl (C=O) groups is 4. The van der Waals surface area contributed by atoms with Crippen molar-refractivity contribution < 1.29 is 34.1 Å². The number of carboxylic acids is 1. The van der Waals surface area contributed by atoms with Crippen LogP contribution in [0.25, 0.3) is 11.1 Å². The topological polar surface area (TPSA) is 154 Å². The van der Waals surface area contributed by atoms with Crippen molar-refractivity contribution in [2.45, 2.75) is 90.6 Å². The van der Waals surface area contributed by atoms with E-state index in [0.29, 0.717) is 49.9 Å². The highest BCUT2D eigenvalue weighted by atomic mass is 16.5. The molecule has 0 fully saturated rings. The number of benzene rings is 3. The van der Waals surface area contributed by atoms with Gasteiger partial charge in [-0.3, -0.25) is 14.6 Å². The van der Waals surface area contributed by atoms with E-state index in [9.17, 15) is 29.4 Å². The fourth-order valence-electron chi connectivity index (χ4n) is 7.29. The molecule has 2 aliphatic carbocycles. The van der Waals surface area contributed by atoms with Crippen LogP contribution < -0.4 is 10.6 Å². The molecule has 0 heterocycles. The van der Waals surface area contributed by atoms with Gasteiger partial charge in [0.2, 0.25) is 5.91 Å². The summed E-state index contributed by atoms with van der Waals surface area (Å²) in [4.78, 5) is 56.8. The number of fused-ring (bicyclic) bond motifs is 3. The average Bonchev–Trinajstić information content (AvgIpc) is 3.42. The van der Waals surface area contributed by atoms with Crippen LogP contribution >= 0.6 is 0 Å². The average molecular weight is 722 g/mol. The number of Topliss-reactive ketones (excluding diaryl/α,β-unsaturated/α-hetero) is 1. The number of nitrogens with zero attached hydrogens (tertiary/aromatic N) is 1. The predicted molar refractivity (Wildman–Crippen MR) is 205 cm³/mol. The molecule has 5 rings (SSSR count).